The molecule has 0 atom stereocenters. The summed E-state index contributed by atoms with van der Waals surface area (Å²) in [6, 6.07) is 8.05. The lowest BCUT2D eigenvalue weighted by atomic mass is 10.1. The largest absolute Gasteiger partial charge is 0.493 e. The molecule has 28 heavy (non-hydrogen) atoms. The van der Waals surface area contributed by atoms with Gasteiger partial charge in [0, 0.05) is 12.5 Å². The normalized spacial score (nSPS) is 10.5. The van der Waals surface area contributed by atoms with Crippen molar-refractivity contribution in [2.45, 2.75) is 6.92 Å². The average molecular weight is 386 g/mol. The highest BCUT2D eigenvalue weighted by molar-refractivity contribution is 6.07. The Morgan fingerprint density at radius 1 is 0.786 bits per heavy atom. The van der Waals surface area contributed by atoms with E-state index in [1.165, 1.54) is 53.6 Å². The second-order valence-corrected chi connectivity index (χ2v) is 5.62. The number of carbonyl (C=O) groups is 2. The van der Waals surface area contributed by atoms with E-state index in [0.29, 0.717) is 34.1 Å². The van der Waals surface area contributed by atoms with Gasteiger partial charge in [0.25, 0.3) is 0 Å². The lowest BCUT2D eigenvalue weighted by Crippen LogP contribution is -2.04. The Balaban J connectivity index is 2.29. The molecule has 0 heterocycles. The number of benzene rings is 2. The molecule has 0 amide bonds. The van der Waals surface area contributed by atoms with E-state index in [1.807, 2.05) is 0 Å². The number of hydrogen-bond donors (Lipinski definition) is 0. The predicted molar refractivity (Wildman–Crippen MR) is 104 cm³/mol. The highest BCUT2D eigenvalue weighted by Crippen LogP contribution is 2.38. The lowest BCUT2D eigenvalue weighted by molar-refractivity contribution is -0.132. The van der Waals surface area contributed by atoms with Crippen molar-refractivity contribution in [3.63, 3.8) is 0 Å². The number of methoxy groups -OCH3 is 4. The van der Waals surface area contributed by atoms with E-state index in [-0.39, 0.29) is 11.5 Å². The molecule has 7 nitrogen and oxygen atoms in total. The van der Waals surface area contributed by atoms with Crippen LogP contribution in [0.4, 0.5) is 0 Å². The molecule has 2 rings (SSSR count). The molecule has 2 aromatic rings. The van der Waals surface area contributed by atoms with Gasteiger partial charge in [0.15, 0.2) is 28.8 Å². The van der Waals surface area contributed by atoms with Gasteiger partial charge >= 0.3 is 5.97 Å². The Bertz CT molecular complexity index is 875. The fourth-order valence-corrected chi connectivity index (χ4v) is 2.53. The van der Waals surface area contributed by atoms with Gasteiger partial charge in [-0.3, -0.25) is 9.59 Å². The molecule has 7 heteroatoms. The topological polar surface area (TPSA) is 80.3 Å². The fraction of sp³-hybridized carbons (Fsp3) is 0.238. The molecule has 0 aliphatic rings. The number of esters is 1. The number of hydrogen-bond acceptors (Lipinski definition) is 7. The van der Waals surface area contributed by atoms with Crippen molar-refractivity contribution in [2.75, 3.05) is 28.4 Å². The van der Waals surface area contributed by atoms with Crippen molar-refractivity contribution >= 4 is 17.8 Å². The zero-order valence-electron chi connectivity index (χ0n) is 16.4. The minimum absolute atomic E-state index is 0.249. The van der Waals surface area contributed by atoms with Gasteiger partial charge < -0.3 is 23.7 Å². The van der Waals surface area contributed by atoms with Crippen LogP contribution in [0.2, 0.25) is 0 Å². The number of allylic oxidation sites excluding steroid dienone is 1. The molecule has 0 radical (unpaired) electrons. The van der Waals surface area contributed by atoms with Crippen molar-refractivity contribution in [3.8, 4) is 28.7 Å². The smallest absolute Gasteiger partial charge is 0.308 e. The van der Waals surface area contributed by atoms with Gasteiger partial charge in [-0.2, -0.15) is 0 Å². The van der Waals surface area contributed by atoms with Gasteiger partial charge in [0.05, 0.1) is 28.4 Å². The minimum atomic E-state index is -0.473. The van der Waals surface area contributed by atoms with E-state index in [1.54, 1.807) is 24.3 Å². The quantitative estimate of drug-likeness (QED) is 0.297. The number of ether oxygens (including phenoxy) is 5. The maximum absolute atomic E-state index is 12.5. The lowest BCUT2D eigenvalue weighted by Gasteiger charge is -2.12. The molecule has 0 spiro atoms. The molecule has 0 saturated carbocycles. The van der Waals surface area contributed by atoms with Crippen LogP contribution in [-0.2, 0) is 4.79 Å². The second kappa shape index (κ2) is 9.45. The van der Waals surface area contributed by atoms with Crippen LogP contribution in [0.1, 0.15) is 22.8 Å². The van der Waals surface area contributed by atoms with Gasteiger partial charge in [-0.25, -0.2) is 0 Å². The number of rotatable bonds is 8. The molecule has 148 valence electrons. The van der Waals surface area contributed by atoms with E-state index in [2.05, 4.69) is 0 Å². The molecule has 2 aromatic carbocycles. The van der Waals surface area contributed by atoms with Crippen LogP contribution < -0.4 is 23.7 Å². The summed E-state index contributed by atoms with van der Waals surface area (Å²) in [7, 11) is 5.99. The molecule has 0 N–H and O–H groups in total. The summed E-state index contributed by atoms with van der Waals surface area (Å²) in [4.78, 5) is 23.6. The van der Waals surface area contributed by atoms with E-state index < -0.39 is 5.97 Å². The molecule has 0 aliphatic carbocycles. The Labute approximate surface area is 163 Å². The molecule has 0 saturated heterocycles. The summed E-state index contributed by atoms with van der Waals surface area (Å²) in [5.41, 5.74) is 1.09. The summed E-state index contributed by atoms with van der Waals surface area (Å²) in [5, 5.41) is 0. The first-order valence-electron chi connectivity index (χ1n) is 8.32. The molecular formula is C21H22O7. The first kappa shape index (κ1) is 20.8. The third-order valence-electron chi connectivity index (χ3n) is 3.82. The summed E-state index contributed by atoms with van der Waals surface area (Å²) >= 11 is 0. The monoisotopic (exact) mass is 386 g/mol. The zero-order chi connectivity index (χ0) is 20.7. The molecule has 0 aromatic heterocycles. The summed E-state index contributed by atoms with van der Waals surface area (Å²) in [6.45, 7) is 1.29. The van der Waals surface area contributed by atoms with Gasteiger partial charge in [0.1, 0.15) is 0 Å². The Kier molecular flexibility index (Phi) is 7.03. The van der Waals surface area contributed by atoms with Gasteiger partial charge in [-0.1, -0.05) is 6.08 Å². The number of carbonyl (C=O) groups excluding carboxylic acids is 2. The molecule has 0 fully saturated rings. The van der Waals surface area contributed by atoms with Gasteiger partial charge in [-0.15, -0.1) is 0 Å². The van der Waals surface area contributed by atoms with Crippen LogP contribution in [0.25, 0.3) is 6.08 Å². The van der Waals surface area contributed by atoms with Crippen LogP contribution in [-0.4, -0.2) is 40.2 Å². The Hall–Kier alpha value is -3.48. The third-order valence-corrected chi connectivity index (χ3v) is 3.82. The molecule has 0 bridgehead atoms. The van der Waals surface area contributed by atoms with Gasteiger partial charge in [-0.05, 0) is 42.0 Å². The maximum Gasteiger partial charge on any atom is 0.308 e. The van der Waals surface area contributed by atoms with Crippen molar-refractivity contribution in [1.29, 1.82) is 0 Å². The summed E-state index contributed by atoms with van der Waals surface area (Å²) < 4.78 is 26.1. The minimum Gasteiger partial charge on any atom is -0.493 e. The summed E-state index contributed by atoms with van der Waals surface area (Å²) in [5.74, 6) is 1.27. The highest BCUT2D eigenvalue weighted by Gasteiger charge is 2.13. The molecule has 0 aliphatic heterocycles. The van der Waals surface area contributed by atoms with Crippen molar-refractivity contribution < 1.29 is 33.3 Å². The Morgan fingerprint density at radius 3 is 1.89 bits per heavy atom. The average Bonchev–Trinajstić information content (AvgIpc) is 2.70. The van der Waals surface area contributed by atoms with Crippen molar-refractivity contribution in [3.05, 3.63) is 47.5 Å². The van der Waals surface area contributed by atoms with Crippen molar-refractivity contribution in [2.24, 2.45) is 0 Å². The second-order valence-electron chi connectivity index (χ2n) is 5.62. The van der Waals surface area contributed by atoms with Crippen LogP contribution in [0.5, 0.6) is 28.7 Å². The standard InChI is InChI=1S/C21H22O7/c1-13(22)28-17-9-7-15(12-18(17)24-2)16(23)8-6-14-10-19(25-3)21(27-5)20(11-14)26-4/h6-12H,1-5H3/b8-6+. The van der Waals surface area contributed by atoms with Crippen molar-refractivity contribution in [1.82, 2.24) is 0 Å². The van der Waals surface area contributed by atoms with E-state index in [4.69, 9.17) is 23.7 Å². The van der Waals surface area contributed by atoms with E-state index in [9.17, 15) is 9.59 Å². The van der Waals surface area contributed by atoms with Crippen LogP contribution in [0.15, 0.2) is 36.4 Å². The Morgan fingerprint density at radius 2 is 1.39 bits per heavy atom. The first-order valence-corrected chi connectivity index (χ1v) is 8.32. The van der Waals surface area contributed by atoms with E-state index >= 15 is 0 Å². The molecular weight excluding hydrogens is 364 g/mol. The predicted octanol–water partition coefficient (Wildman–Crippen LogP) is 3.54. The van der Waals surface area contributed by atoms with Gasteiger partial charge in [0.2, 0.25) is 5.75 Å². The zero-order valence-corrected chi connectivity index (χ0v) is 16.4. The third kappa shape index (κ3) is 4.82. The SMILES string of the molecule is COc1cc(C(=O)/C=C/c2cc(OC)c(OC)c(OC)c2)ccc1OC(C)=O. The van der Waals surface area contributed by atoms with Crippen LogP contribution in [0.3, 0.4) is 0 Å². The summed E-state index contributed by atoms with van der Waals surface area (Å²) in [6.07, 6.45) is 3.06. The first-order chi connectivity index (χ1) is 13.4. The van der Waals surface area contributed by atoms with E-state index in [0.717, 1.165) is 0 Å². The highest BCUT2D eigenvalue weighted by atomic mass is 16.6. The number of ketones is 1. The van der Waals surface area contributed by atoms with Crippen LogP contribution in [0, 0.1) is 0 Å². The molecule has 0 unspecified atom stereocenters. The van der Waals surface area contributed by atoms with Crippen LogP contribution >= 0.6 is 0 Å². The maximum atomic E-state index is 12.5. The fourth-order valence-electron chi connectivity index (χ4n) is 2.53.